The number of hydrogen-bond acceptors (Lipinski definition) is 3. The molecule has 100 valence electrons. The highest BCUT2D eigenvalue weighted by Gasteiger charge is 2.18. The number of nitrogens with zero attached hydrogens (tertiary/aromatic N) is 1. The molecule has 1 aromatic rings. The second kappa shape index (κ2) is 6.61. The molecule has 1 unspecified atom stereocenters. The Morgan fingerprint density at radius 3 is 2.72 bits per heavy atom. The summed E-state index contributed by atoms with van der Waals surface area (Å²) in [6.45, 7) is 2.20. The third-order valence-electron chi connectivity index (χ3n) is 2.56. The van der Waals surface area contributed by atoms with Crippen LogP contribution in [0.15, 0.2) is 18.2 Å². The van der Waals surface area contributed by atoms with E-state index in [1.807, 2.05) is 0 Å². The molecule has 0 aliphatic rings. The lowest BCUT2D eigenvalue weighted by molar-refractivity contribution is -0.135. The Morgan fingerprint density at radius 2 is 2.17 bits per heavy atom. The van der Waals surface area contributed by atoms with Crippen molar-refractivity contribution >= 4 is 17.5 Å². The molecule has 0 fully saturated rings. The molecule has 1 atom stereocenters. The van der Waals surface area contributed by atoms with Crippen LogP contribution in [0.4, 0.5) is 0 Å². The van der Waals surface area contributed by atoms with E-state index in [0.717, 1.165) is 5.56 Å². The summed E-state index contributed by atoms with van der Waals surface area (Å²) in [5, 5.41) is 0.613. The molecule has 0 aliphatic heterocycles. The van der Waals surface area contributed by atoms with Crippen molar-refractivity contribution in [1.29, 1.82) is 0 Å². The number of likely N-dealkylation sites (N-methyl/N-ethyl adjacent to an activating group) is 1. The molecule has 0 aromatic heterocycles. The molecule has 5 heteroatoms. The highest BCUT2D eigenvalue weighted by atomic mass is 35.5. The molecule has 0 radical (unpaired) electrons. The predicted molar refractivity (Wildman–Crippen MR) is 73.0 cm³/mol. The second-order valence-corrected chi connectivity index (χ2v) is 4.66. The van der Waals surface area contributed by atoms with Gasteiger partial charge in [0.15, 0.2) is 6.10 Å². The fourth-order valence-electron chi connectivity index (χ4n) is 1.64. The molecule has 0 saturated heterocycles. The van der Waals surface area contributed by atoms with Crippen LogP contribution >= 0.6 is 11.6 Å². The monoisotopic (exact) mass is 270 g/mol. The fraction of sp³-hybridized carbons (Fsp3) is 0.462. The van der Waals surface area contributed by atoms with Crippen LogP contribution in [0.2, 0.25) is 5.02 Å². The lowest BCUT2D eigenvalue weighted by Gasteiger charge is -2.20. The zero-order valence-corrected chi connectivity index (χ0v) is 11.7. The van der Waals surface area contributed by atoms with Gasteiger partial charge in [-0.15, -0.1) is 0 Å². The van der Waals surface area contributed by atoms with E-state index < -0.39 is 6.10 Å². The summed E-state index contributed by atoms with van der Waals surface area (Å²) in [5.74, 6) is 0.532. The zero-order chi connectivity index (χ0) is 13.7. The van der Waals surface area contributed by atoms with Gasteiger partial charge in [0.25, 0.3) is 5.91 Å². The molecule has 4 nitrogen and oxygen atoms in total. The van der Waals surface area contributed by atoms with E-state index in [0.29, 0.717) is 23.7 Å². The standard InChI is InChI=1S/C13H19ClN2O2/c1-9(13(17)16(2)3)18-12-6-4-5-11(14)10(12)7-8-15/h4-6,9H,7-8,15H2,1-3H3. The molecule has 0 bridgehead atoms. The summed E-state index contributed by atoms with van der Waals surface area (Å²) in [4.78, 5) is 13.2. The Morgan fingerprint density at radius 1 is 1.50 bits per heavy atom. The minimum atomic E-state index is -0.546. The Kier molecular flexibility index (Phi) is 5.44. The Bertz CT molecular complexity index is 421. The largest absolute Gasteiger partial charge is 0.481 e. The number of nitrogens with two attached hydrogens (primary N) is 1. The van der Waals surface area contributed by atoms with Crippen molar-refractivity contribution in [2.75, 3.05) is 20.6 Å². The van der Waals surface area contributed by atoms with E-state index in [-0.39, 0.29) is 5.91 Å². The Balaban J connectivity index is 2.90. The first-order valence-electron chi connectivity index (χ1n) is 5.82. The molecule has 1 rings (SSSR count). The number of carbonyl (C=O) groups excluding carboxylic acids is 1. The minimum absolute atomic E-state index is 0.0892. The molecule has 2 N–H and O–H groups in total. The van der Waals surface area contributed by atoms with Crippen LogP contribution in [0.5, 0.6) is 5.75 Å². The van der Waals surface area contributed by atoms with Crippen molar-refractivity contribution in [3.8, 4) is 5.75 Å². The van der Waals surface area contributed by atoms with Crippen LogP contribution in [0, 0.1) is 0 Å². The highest BCUT2D eigenvalue weighted by Crippen LogP contribution is 2.27. The molecule has 18 heavy (non-hydrogen) atoms. The molecule has 1 amide bonds. The smallest absolute Gasteiger partial charge is 0.262 e. The van der Waals surface area contributed by atoms with E-state index in [4.69, 9.17) is 22.1 Å². The average Bonchev–Trinajstić information content (AvgIpc) is 2.32. The molecular formula is C13H19ClN2O2. The normalized spacial score (nSPS) is 12.1. The summed E-state index contributed by atoms with van der Waals surface area (Å²) in [6.07, 6.45) is 0.0766. The number of hydrogen-bond donors (Lipinski definition) is 1. The van der Waals surface area contributed by atoms with E-state index >= 15 is 0 Å². The van der Waals surface area contributed by atoms with E-state index in [2.05, 4.69) is 0 Å². The summed E-state index contributed by atoms with van der Waals surface area (Å²) >= 11 is 6.10. The van der Waals surface area contributed by atoms with Crippen LogP contribution in [-0.4, -0.2) is 37.6 Å². The molecule has 1 aromatic carbocycles. The van der Waals surface area contributed by atoms with Crippen LogP contribution in [0.3, 0.4) is 0 Å². The average molecular weight is 271 g/mol. The van der Waals surface area contributed by atoms with Crippen LogP contribution < -0.4 is 10.5 Å². The zero-order valence-electron chi connectivity index (χ0n) is 10.9. The summed E-state index contributed by atoms with van der Waals surface area (Å²) in [5.41, 5.74) is 6.40. The second-order valence-electron chi connectivity index (χ2n) is 4.25. The van der Waals surface area contributed by atoms with Gasteiger partial charge in [-0.25, -0.2) is 0 Å². The first-order chi connectivity index (χ1) is 8.47. The van der Waals surface area contributed by atoms with Crippen molar-refractivity contribution in [2.24, 2.45) is 5.73 Å². The topological polar surface area (TPSA) is 55.6 Å². The van der Waals surface area contributed by atoms with Gasteiger partial charge in [0.2, 0.25) is 0 Å². The van der Waals surface area contributed by atoms with Crippen molar-refractivity contribution in [1.82, 2.24) is 4.90 Å². The van der Waals surface area contributed by atoms with Crippen LogP contribution in [0.1, 0.15) is 12.5 Å². The minimum Gasteiger partial charge on any atom is -0.481 e. The van der Waals surface area contributed by atoms with Gasteiger partial charge in [-0.3, -0.25) is 4.79 Å². The van der Waals surface area contributed by atoms with Crippen LogP contribution in [-0.2, 0) is 11.2 Å². The lowest BCUT2D eigenvalue weighted by Crippen LogP contribution is -2.35. The van der Waals surface area contributed by atoms with Crippen LogP contribution in [0.25, 0.3) is 0 Å². The van der Waals surface area contributed by atoms with Crippen molar-refractivity contribution in [2.45, 2.75) is 19.4 Å². The van der Waals surface area contributed by atoms with E-state index in [1.54, 1.807) is 39.2 Å². The summed E-state index contributed by atoms with van der Waals surface area (Å²) in [6, 6.07) is 5.39. The Labute approximate surface area is 113 Å². The number of ether oxygens (including phenoxy) is 1. The third-order valence-corrected chi connectivity index (χ3v) is 2.92. The highest BCUT2D eigenvalue weighted by molar-refractivity contribution is 6.31. The van der Waals surface area contributed by atoms with E-state index in [1.165, 1.54) is 4.90 Å². The maximum Gasteiger partial charge on any atom is 0.262 e. The quantitative estimate of drug-likeness (QED) is 0.886. The van der Waals surface area contributed by atoms with Crippen molar-refractivity contribution in [3.63, 3.8) is 0 Å². The van der Waals surface area contributed by atoms with Gasteiger partial charge < -0.3 is 15.4 Å². The van der Waals surface area contributed by atoms with Gasteiger partial charge in [0.1, 0.15) is 5.75 Å². The van der Waals surface area contributed by atoms with Gasteiger partial charge in [0, 0.05) is 24.7 Å². The first-order valence-corrected chi connectivity index (χ1v) is 6.20. The number of rotatable bonds is 5. The van der Waals surface area contributed by atoms with E-state index in [9.17, 15) is 4.79 Å². The molecule has 0 saturated carbocycles. The third kappa shape index (κ3) is 3.62. The van der Waals surface area contributed by atoms with Gasteiger partial charge in [-0.1, -0.05) is 17.7 Å². The predicted octanol–water partition coefficient (Wildman–Crippen LogP) is 1.70. The van der Waals surface area contributed by atoms with Gasteiger partial charge in [-0.05, 0) is 32.0 Å². The maximum absolute atomic E-state index is 11.7. The molecule has 0 spiro atoms. The number of carbonyl (C=O) groups is 1. The number of benzene rings is 1. The van der Waals surface area contributed by atoms with Crippen molar-refractivity contribution < 1.29 is 9.53 Å². The molecule has 0 heterocycles. The first kappa shape index (κ1) is 14.8. The maximum atomic E-state index is 11.7. The summed E-state index contributed by atoms with van der Waals surface area (Å²) < 4.78 is 5.67. The summed E-state index contributed by atoms with van der Waals surface area (Å²) in [7, 11) is 3.39. The fourth-order valence-corrected chi connectivity index (χ4v) is 1.90. The lowest BCUT2D eigenvalue weighted by atomic mass is 10.1. The number of amides is 1. The van der Waals surface area contributed by atoms with Gasteiger partial charge in [0.05, 0.1) is 0 Å². The van der Waals surface area contributed by atoms with Crippen molar-refractivity contribution in [3.05, 3.63) is 28.8 Å². The number of halogens is 1. The van der Waals surface area contributed by atoms with Gasteiger partial charge in [-0.2, -0.15) is 0 Å². The van der Waals surface area contributed by atoms with Gasteiger partial charge >= 0.3 is 0 Å². The Hall–Kier alpha value is -1.26. The SMILES string of the molecule is CC(Oc1cccc(Cl)c1CCN)C(=O)N(C)C. The molecule has 0 aliphatic carbocycles. The molecular weight excluding hydrogens is 252 g/mol.